The smallest absolute Gasteiger partial charge is 0.407 e. The van der Waals surface area contributed by atoms with Gasteiger partial charge in [-0.15, -0.1) is 0 Å². The maximum atomic E-state index is 12.5. The first-order chi connectivity index (χ1) is 13.7. The summed E-state index contributed by atoms with van der Waals surface area (Å²) in [6.07, 6.45) is 0.474. The molecule has 10 nitrogen and oxygen atoms in total. The second kappa shape index (κ2) is 8.46. The lowest BCUT2D eigenvalue weighted by molar-refractivity contribution is 0.0280. The zero-order valence-corrected chi connectivity index (χ0v) is 17.7. The Morgan fingerprint density at radius 3 is 2.79 bits per heavy atom. The van der Waals surface area contributed by atoms with E-state index in [9.17, 15) is 9.59 Å². The molecule has 0 spiro atoms. The Bertz CT molecular complexity index is 887. The predicted octanol–water partition coefficient (Wildman–Crippen LogP) is 1.96. The van der Waals surface area contributed by atoms with Gasteiger partial charge >= 0.3 is 6.09 Å². The molecule has 1 aliphatic carbocycles. The van der Waals surface area contributed by atoms with Crippen molar-refractivity contribution in [3.63, 3.8) is 0 Å². The van der Waals surface area contributed by atoms with Crippen LogP contribution in [0.25, 0.3) is 0 Å². The van der Waals surface area contributed by atoms with E-state index >= 15 is 0 Å². The highest BCUT2D eigenvalue weighted by molar-refractivity contribution is 7.81. The van der Waals surface area contributed by atoms with Crippen molar-refractivity contribution in [2.45, 2.75) is 50.2 Å². The van der Waals surface area contributed by atoms with Gasteiger partial charge < -0.3 is 20.1 Å². The van der Waals surface area contributed by atoms with Crippen LogP contribution < -0.4 is 10.6 Å². The Labute approximate surface area is 174 Å². The van der Waals surface area contributed by atoms with E-state index in [0.29, 0.717) is 36.7 Å². The second-order valence-corrected chi connectivity index (χ2v) is 8.32. The van der Waals surface area contributed by atoms with E-state index in [2.05, 4.69) is 25.9 Å². The molecule has 3 rings (SSSR count). The number of anilines is 1. The van der Waals surface area contributed by atoms with E-state index in [1.807, 2.05) is 13.8 Å². The van der Waals surface area contributed by atoms with Crippen LogP contribution in [0.3, 0.4) is 0 Å². The lowest BCUT2D eigenvalue weighted by Gasteiger charge is -2.42. The van der Waals surface area contributed by atoms with Crippen molar-refractivity contribution >= 4 is 30.4 Å². The Balaban J connectivity index is 1.57. The number of H-pyrrole nitrogens is 1. The zero-order valence-electron chi connectivity index (χ0n) is 16.9. The number of nitrogens with one attached hydrogen (secondary N) is 3. The van der Waals surface area contributed by atoms with Crippen molar-refractivity contribution in [3.8, 4) is 0 Å². The Hall–Kier alpha value is -2.53. The van der Waals surface area contributed by atoms with Crippen molar-refractivity contribution in [3.05, 3.63) is 29.2 Å². The number of aryl methyl sites for hydroxylation is 1. The van der Waals surface area contributed by atoms with Crippen LogP contribution in [-0.4, -0.2) is 51.2 Å². The molecular weight excluding hydrogens is 396 g/mol. The quantitative estimate of drug-likeness (QED) is 0.506. The molecule has 11 heteroatoms. The molecule has 0 unspecified atom stereocenters. The SMILES string of the molecule is COCc1cc(C(=O)Nc2cc(C3(S)CC(OC(=O)NC(C)C)C3)[nH]n2)n(C)n1. The number of alkyl carbamates (subject to hydrolysis) is 1. The second-order valence-electron chi connectivity index (χ2n) is 7.46. The monoisotopic (exact) mass is 422 g/mol. The van der Waals surface area contributed by atoms with Crippen molar-refractivity contribution in [2.75, 3.05) is 12.4 Å². The molecule has 3 N–H and O–H groups in total. The standard InChI is InChI=1S/C18H26N6O4S/c1-10(2)19-17(26)28-12-7-18(29,8-12)14-6-15(22-21-14)20-16(25)13-5-11(9-27-4)23-24(13)3/h5-6,10,12,29H,7-9H2,1-4H3,(H,19,26)(H2,20,21,22,25). The van der Waals surface area contributed by atoms with Gasteiger partial charge in [-0.25, -0.2) is 4.79 Å². The molecule has 1 aliphatic rings. The number of nitrogens with zero attached hydrogens (tertiary/aromatic N) is 3. The lowest BCUT2D eigenvalue weighted by Crippen LogP contribution is -2.45. The lowest BCUT2D eigenvalue weighted by atomic mass is 9.79. The van der Waals surface area contributed by atoms with Gasteiger partial charge in [0.1, 0.15) is 11.8 Å². The van der Waals surface area contributed by atoms with Crippen LogP contribution in [0.1, 0.15) is 48.6 Å². The fourth-order valence-electron chi connectivity index (χ4n) is 3.18. The Morgan fingerprint density at radius 1 is 1.41 bits per heavy atom. The molecule has 0 bridgehead atoms. The minimum atomic E-state index is -0.489. The maximum Gasteiger partial charge on any atom is 0.407 e. The summed E-state index contributed by atoms with van der Waals surface area (Å²) in [5, 5.41) is 16.7. The fourth-order valence-corrected chi connectivity index (χ4v) is 3.70. The number of aromatic nitrogens is 4. The molecule has 0 aromatic carbocycles. The third kappa shape index (κ3) is 4.91. The van der Waals surface area contributed by atoms with Crippen LogP contribution in [0.2, 0.25) is 0 Å². The van der Waals surface area contributed by atoms with E-state index in [0.717, 1.165) is 5.69 Å². The normalized spacial score (nSPS) is 21.0. The van der Waals surface area contributed by atoms with Gasteiger partial charge in [-0.1, -0.05) is 0 Å². The molecule has 0 saturated heterocycles. The average Bonchev–Trinajstić information content (AvgIpc) is 3.20. The predicted molar refractivity (Wildman–Crippen MR) is 109 cm³/mol. The Kier molecular flexibility index (Phi) is 6.18. The molecule has 2 aromatic heterocycles. The van der Waals surface area contributed by atoms with Crippen molar-refractivity contribution in [2.24, 2.45) is 7.05 Å². The third-order valence-electron chi connectivity index (χ3n) is 4.59. The highest BCUT2D eigenvalue weighted by Crippen LogP contribution is 2.48. The molecule has 2 aromatic rings. The molecule has 1 saturated carbocycles. The zero-order chi connectivity index (χ0) is 21.2. The number of carbonyl (C=O) groups is 2. The first kappa shape index (κ1) is 21.2. The van der Waals surface area contributed by atoms with Gasteiger partial charge in [0.2, 0.25) is 0 Å². The van der Waals surface area contributed by atoms with Crippen molar-refractivity contribution in [1.29, 1.82) is 0 Å². The largest absolute Gasteiger partial charge is 0.446 e. The summed E-state index contributed by atoms with van der Waals surface area (Å²) in [6, 6.07) is 3.43. The molecule has 0 aliphatic heterocycles. The van der Waals surface area contributed by atoms with Crippen molar-refractivity contribution < 1.29 is 19.1 Å². The van der Waals surface area contributed by atoms with Gasteiger partial charge in [0.15, 0.2) is 5.82 Å². The van der Waals surface area contributed by atoms with Gasteiger partial charge in [0.25, 0.3) is 5.91 Å². The molecule has 1 fully saturated rings. The van der Waals surface area contributed by atoms with E-state index < -0.39 is 10.8 Å². The number of thiol groups is 1. The van der Waals surface area contributed by atoms with Crippen LogP contribution in [0.4, 0.5) is 10.6 Å². The summed E-state index contributed by atoms with van der Waals surface area (Å²) >= 11 is 4.71. The van der Waals surface area contributed by atoms with Gasteiger partial charge in [-0.05, 0) is 19.9 Å². The first-order valence-corrected chi connectivity index (χ1v) is 9.73. The van der Waals surface area contributed by atoms with Gasteiger partial charge in [0, 0.05) is 39.1 Å². The summed E-state index contributed by atoms with van der Waals surface area (Å²) in [5.41, 5.74) is 1.82. The van der Waals surface area contributed by atoms with E-state index in [1.54, 1.807) is 26.3 Å². The number of amides is 2. The highest BCUT2D eigenvalue weighted by Gasteiger charge is 2.46. The maximum absolute atomic E-state index is 12.5. The number of methoxy groups -OCH3 is 1. The van der Waals surface area contributed by atoms with Crippen LogP contribution in [-0.2, 0) is 27.9 Å². The summed E-state index contributed by atoms with van der Waals surface area (Å²) in [5.74, 6) is 0.0589. The summed E-state index contributed by atoms with van der Waals surface area (Å²) in [6.45, 7) is 4.07. The number of hydrogen-bond donors (Lipinski definition) is 4. The molecular formula is C18H26N6O4S. The topological polar surface area (TPSA) is 123 Å². The molecule has 0 atom stereocenters. The summed E-state index contributed by atoms with van der Waals surface area (Å²) < 4.78 is 11.4. The van der Waals surface area contributed by atoms with E-state index in [4.69, 9.17) is 22.1 Å². The average molecular weight is 423 g/mol. The van der Waals surface area contributed by atoms with Gasteiger partial charge in [-0.3, -0.25) is 14.6 Å². The van der Waals surface area contributed by atoms with Crippen LogP contribution in [0.5, 0.6) is 0 Å². The number of hydrogen-bond acceptors (Lipinski definition) is 7. The first-order valence-electron chi connectivity index (χ1n) is 9.29. The molecule has 29 heavy (non-hydrogen) atoms. The molecule has 0 radical (unpaired) electrons. The van der Waals surface area contributed by atoms with E-state index in [-0.39, 0.29) is 18.1 Å². The molecule has 2 amide bonds. The Morgan fingerprint density at radius 2 is 2.14 bits per heavy atom. The third-order valence-corrected chi connectivity index (χ3v) is 5.19. The van der Waals surface area contributed by atoms with Gasteiger partial charge in [0.05, 0.1) is 22.7 Å². The van der Waals surface area contributed by atoms with Crippen LogP contribution in [0, 0.1) is 0 Å². The summed E-state index contributed by atoms with van der Waals surface area (Å²) in [7, 11) is 3.26. The number of aromatic amines is 1. The summed E-state index contributed by atoms with van der Waals surface area (Å²) in [4.78, 5) is 24.2. The molecule has 158 valence electrons. The van der Waals surface area contributed by atoms with Crippen LogP contribution >= 0.6 is 12.6 Å². The number of rotatable bonds is 7. The van der Waals surface area contributed by atoms with Gasteiger partial charge in [-0.2, -0.15) is 22.8 Å². The number of carbonyl (C=O) groups excluding carboxylic acids is 2. The minimum absolute atomic E-state index is 0.0205. The van der Waals surface area contributed by atoms with Crippen LogP contribution in [0.15, 0.2) is 12.1 Å². The number of ether oxygens (including phenoxy) is 2. The highest BCUT2D eigenvalue weighted by atomic mass is 32.1. The van der Waals surface area contributed by atoms with E-state index in [1.165, 1.54) is 4.68 Å². The minimum Gasteiger partial charge on any atom is -0.446 e. The fraction of sp³-hybridized carbons (Fsp3) is 0.556. The molecule has 2 heterocycles. The van der Waals surface area contributed by atoms with Crippen molar-refractivity contribution in [1.82, 2.24) is 25.3 Å².